The summed E-state index contributed by atoms with van der Waals surface area (Å²) in [5, 5.41) is 5.97. The van der Waals surface area contributed by atoms with Crippen LogP contribution in [-0.4, -0.2) is 24.1 Å². The van der Waals surface area contributed by atoms with E-state index in [9.17, 15) is 4.79 Å². The van der Waals surface area contributed by atoms with Gasteiger partial charge in [0.1, 0.15) is 12.1 Å². The van der Waals surface area contributed by atoms with Crippen molar-refractivity contribution < 1.29 is 9.15 Å². The number of hydrogen-bond acceptors (Lipinski definition) is 6. The van der Waals surface area contributed by atoms with E-state index in [1.54, 1.807) is 40.9 Å². The summed E-state index contributed by atoms with van der Waals surface area (Å²) in [5.74, 6) is 1.32. The lowest BCUT2D eigenvalue weighted by Gasteiger charge is -2.28. The van der Waals surface area contributed by atoms with E-state index in [4.69, 9.17) is 25.7 Å². The Morgan fingerprint density at radius 1 is 1.00 bits per heavy atom. The lowest BCUT2D eigenvalue weighted by Crippen LogP contribution is -2.28. The third kappa shape index (κ3) is 2.87. The molecule has 2 aromatic carbocycles. The van der Waals surface area contributed by atoms with Crippen molar-refractivity contribution >= 4 is 28.2 Å². The predicted molar refractivity (Wildman–Crippen MR) is 130 cm³/mol. The van der Waals surface area contributed by atoms with Crippen molar-refractivity contribution in [3.63, 3.8) is 0 Å². The van der Waals surface area contributed by atoms with Crippen molar-refractivity contribution in [3.05, 3.63) is 105 Å². The minimum absolute atomic E-state index is 0.155. The fourth-order valence-corrected chi connectivity index (χ4v) is 4.91. The van der Waals surface area contributed by atoms with Crippen LogP contribution >= 0.6 is 11.6 Å². The molecule has 1 atom stereocenters. The first-order valence-corrected chi connectivity index (χ1v) is 11.3. The summed E-state index contributed by atoms with van der Waals surface area (Å²) in [6.07, 6.45) is 3.13. The average molecular weight is 482 g/mol. The van der Waals surface area contributed by atoms with E-state index in [-0.39, 0.29) is 5.56 Å². The Balaban J connectivity index is 1.59. The Morgan fingerprint density at radius 3 is 2.63 bits per heavy atom. The first kappa shape index (κ1) is 20.0. The summed E-state index contributed by atoms with van der Waals surface area (Å²) in [4.78, 5) is 23.1. The van der Waals surface area contributed by atoms with Crippen LogP contribution in [0.1, 0.15) is 22.6 Å². The second-order valence-electron chi connectivity index (χ2n) is 8.36. The molecular weight excluding hydrogens is 466 g/mol. The Bertz CT molecular complexity index is 1820. The van der Waals surface area contributed by atoms with Gasteiger partial charge in [-0.15, -0.1) is 5.10 Å². The maximum Gasteiger partial charge on any atom is 0.258 e. The first-order chi connectivity index (χ1) is 17.1. The fourth-order valence-electron chi connectivity index (χ4n) is 4.79. The molecule has 0 spiro atoms. The van der Waals surface area contributed by atoms with E-state index in [1.165, 1.54) is 0 Å². The van der Waals surface area contributed by atoms with Gasteiger partial charge in [-0.25, -0.2) is 14.5 Å². The Hall–Kier alpha value is -4.43. The molecule has 170 valence electrons. The van der Waals surface area contributed by atoms with Crippen LogP contribution in [0.15, 0.2) is 82.5 Å². The van der Waals surface area contributed by atoms with Crippen LogP contribution in [0.5, 0.6) is 11.6 Å². The van der Waals surface area contributed by atoms with Crippen LogP contribution in [0.3, 0.4) is 0 Å². The molecule has 5 heterocycles. The van der Waals surface area contributed by atoms with E-state index in [1.807, 2.05) is 48.5 Å². The summed E-state index contributed by atoms with van der Waals surface area (Å²) in [5.41, 5.74) is 3.18. The Labute approximate surface area is 203 Å². The van der Waals surface area contributed by atoms with Crippen LogP contribution in [-0.2, 0) is 7.05 Å². The number of hydrogen-bond donors (Lipinski definition) is 0. The molecule has 6 aromatic rings. The molecule has 0 amide bonds. The summed E-state index contributed by atoms with van der Waals surface area (Å²) >= 11 is 6.20. The minimum Gasteiger partial charge on any atom is -0.461 e. The van der Waals surface area contributed by atoms with Crippen molar-refractivity contribution in [3.8, 4) is 23.2 Å². The summed E-state index contributed by atoms with van der Waals surface area (Å²) in [7, 11) is 1.77. The molecule has 1 aliphatic heterocycles. The molecule has 0 radical (unpaired) electrons. The number of para-hydroxylation sites is 1. The van der Waals surface area contributed by atoms with Gasteiger partial charge in [-0.3, -0.25) is 4.79 Å². The monoisotopic (exact) mass is 481 g/mol. The number of nitrogens with zero attached hydrogens (tertiary/aromatic N) is 5. The van der Waals surface area contributed by atoms with Gasteiger partial charge in [0, 0.05) is 17.5 Å². The second-order valence-corrected chi connectivity index (χ2v) is 8.79. The molecule has 35 heavy (non-hydrogen) atoms. The summed E-state index contributed by atoms with van der Waals surface area (Å²) in [6.45, 7) is 0. The average Bonchev–Trinajstić information content (AvgIpc) is 3.57. The normalized spacial score (nSPS) is 14.6. The van der Waals surface area contributed by atoms with Crippen LogP contribution in [0.2, 0.25) is 5.02 Å². The van der Waals surface area contributed by atoms with Gasteiger partial charge in [0.2, 0.25) is 11.7 Å². The number of fused-ring (bicyclic) bond motifs is 6. The van der Waals surface area contributed by atoms with Gasteiger partial charge < -0.3 is 13.7 Å². The maximum absolute atomic E-state index is 13.8. The number of ether oxygens (including phenoxy) is 1. The third-order valence-corrected chi connectivity index (χ3v) is 6.65. The van der Waals surface area contributed by atoms with E-state index >= 15 is 0 Å². The van der Waals surface area contributed by atoms with Crippen molar-refractivity contribution in [2.45, 2.75) is 5.92 Å². The molecule has 0 bridgehead atoms. The molecule has 1 aliphatic rings. The topological polar surface area (TPSA) is 87.5 Å². The number of rotatable bonds is 2. The highest BCUT2D eigenvalue weighted by Gasteiger charge is 2.37. The molecule has 0 fully saturated rings. The minimum atomic E-state index is -0.501. The molecular formula is C26H16ClN5O3. The third-order valence-electron chi connectivity index (χ3n) is 6.40. The van der Waals surface area contributed by atoms with Crippen LogP contribution < -0.4 is 10.3 Å². The van der Waals surface area contributed by atoms with Gasteiger partial charge in [-0.05, 0) is 42.0 Å². The van der Waals surface area contributed by atoms with Gasteiger partial charge in [0.15, 0.2) is 11.4 Å². The van der Waals surface area contributed by atoms with Gasteiger partial charge >= 0.3 is 0 Å². The summed E-state index contributed by atoms with van der Waals surface area (Å²) < 4.78 is 15.1. The zero-order valence-electron chi connectivity index (χ0n) is 18.3. The highest BCUT2D eigenvalue weighted by molar-refractivity contribution is 6.30. The second kappa shape index (κ2) is 7.28. The van der Waals surface area contributed by atoms with Gasteiger partial charge in [-0.1, -0.05) is 35.9 Å². The Morgan fingerprint density at radius 2 is 1.83 bits per heavy atom. The molecule has 8 nitrogen and oxygen atoms in total. The lowest BCUT2D eigenvalue weighted by atomic mass is 9.83. The highest BCUT2D eigenvalue weighted by atomic mass is 35.5. The van der Waals surface area contributed by atoms with Gasteiger partial charge in [0.05, 0.1) is 28.8 Å². The highest BCUT2D eigenvalue weighted by Crippen LogP contribution is 2.48. The summed E-state index contributed by atoms with van der Waals surface area (Å²) in [6, 6.07) is 18.7. The fraction of sp³-hybridized carbons (Fsp3) is 0.0769. The standard InChI is InChI=1S/C26H16ClN5O3/c1-31-17-6-3-2-5-16(17)22-20(26(31)33)19(14-8-10-15(27)11-9-14)21-24-29-23(18-7-4-12-34-18)30-32(24)13-28-25(21)35-22/h2-13,19H,1H3. The van der Waals surface area contributed by atoms with Crippen LogP contribution in [0.25, 0.3) is 28.1 Å². The molecule has 0 saturated carbocycles. The Kier molecular flexibility index (Phi) is 4.16. The SMILES string of the molecule is Cn1c(=O)c2c(c3ccccc31)Oc1ncn3nc(-c4ccco4)nc3c1C2c1ccc(Cl)cc1. The van der Waals surface area contributed by atoms with E-state index in [0.717, 1.165) is 16.5 Å². The van der Waals surface area contributed by atoms with Crippen molar-refractivity contribution in [2.75, 3.05) is 0 Å². The number of aryl methyl sites for hydroxylation is 1. The van der Waals surface area contributed by atoms with E-state index in [0.29, 0.717) is 45.0 Å². The van der Waals surface area contributed by atoms with Gasteiger partial charge in [0.25, 0.3) is 5.56 Å². The first-order valence-electron chi connectivity index (χ1n) is 10.9. The lowest BCUT2D eigenvalue weighted by molar-refractivity contribution is 0.434. The maximum atomic E-state index is 13.8. The number of pyridine rings is 1. The van der Waals surface area contributed by atoms with E-state index in [2.05, 4.69) is 10.1 Å². The van der Waals surface area contributed by atoms with Crippen LogP contribution in [0, 0.1) is 0 Å². The number of aromatic nitrogens is 5. The molecule has 7 rings (SSSR count). The number of benzene rings is 2. The number of halogens is 1. The smallest absolute Gasteiger partial charge is 0.258 e. The number of furan rings is 1. The van der Waals surface area contributed by atoms with Crippen molar-refractivity contribution in [2.24, 2.45) is 7.05 Å². The molecule has 9 heteroatoms. The van der Waals surface area contributed by atoms with Crippen molar-refractivity contribution in [1.82, 2.24) is 24.1 Å². The molecule has 4 aromatic heterocycles. The quantitative estimate of drug-likeness (QED) is 0.338. The zero-order chi connectivity index (χ0) is 23.7. The largest absolute Gasteiger partial charge is 0.461 e. The predicted octanol–water partition coefficient (Wildman–Crippen LogP) is 5.18. The van der Waals surface area contributed by atoms with Crippen LogP contribution in [0.4, 0.5) is 0 Å². The molecule has 0 N–H and O–H groups in total. The van der Waals surface area contributed by atoms with Crippen molar-refractivity contribution in [1.29, 1.82) is 0 Å². The molecule has 0 aliphatic carbocycles. The molecule has 0 saturated heterocycles. The zero-order valence-corrected chi connectivity index (χ0v) is 19.1. The van der Waals surface area contributed by atoms with E-state index < -0.39 is 5.92 Å². The van der Waals surface area contributed by atoms with Gasteiger partial charge in [-0.2, -0.15) is 0 Å². The molecule has 1 unspecified atom stereocenters.